The smallest absolute Gasteiger partial charge is 0.268 e. The van der Waals surface area contributed by atoms with Crippen LogP contribution in [0, 0.1) is 0 Å². The Morgan fingerprint density at radius 2 is 1.04 bits per heavy atom. The molecular weight excluding hydrogens is 695 g/mol. The van der Waals surface area contributed by atoms with E-state index >= 15 is 0 Å². The van der Waals surface area contributed by atoms with Gasteiger partial charge in [-0.2, -0.15) is 0 Å². The first kappa shape index (κ1) is 52.5. The van der Waals surface area contributed by atoms with Crippen LogP contribution in [0.25, 0.3) is 0 Å². The van der Waals surface area contributed by atoms with Crippen LogP contribution < -0.4 is 10.2 Å². The first-order valence-corrected chi connectivity index (χ1v) is 23.5. The van der Waals surface area contributed by atoms with Crippen molar-refractivity contribution >= 4 is 13.7 Å². The number of phosphoric acid groups is 1. The molecule has 316 valence electrons. The highest BCUT2D eigenvalue weighted by molar-refractivity contribution is 7.45. The van der Waals surface area contributed by atoms with Crippen molar-refractivity contribution in [3.8, 4) is 0 Å². The highest BCUT2D eigenvalue weighted by Crippen LogP contribution is 2.38. The fourth-order valence-corrected chi connectivity index (χ4v) is 6.66. The monoisotopic (exact) mass is 781 g/mol. The summed E-state index contributed by atoms with van der Waals surface area (Å²) in [6, 6.07) is -0.912. The number of likely N-dealkylation sites (N-methyl/N-ethyl adjacent to an activating group) is 1. The zero-order chi connectivity index (χ0) is 40.0. The number of quaternary nitrogens is 1. The Morgan fingerprint density at radius 3 is 1.50 bits per heavy atom. The lowest BCUT2D eigenvalue weighted by Gasteiger charge is -2.29. The summed E-state index contributed by atoms with van der Waals surface area (Å²) in [4.78, 5) is 25.3. The fraction of sp³-hybridized carbons (Fsp3) is 0.800. The number of aliphatic hydroxyl groups is 1. The molecule has 2 N–H and O–H groups in total. The van der Waals surface area contributed by atoms with Gasteiger partial charge in [0.25, 0.3) is 7.82 Å². The van der Waals surface area contributed by atoms with Gasteiger partial charge >= 0.3 is 0 Å². The standard InChI is InChI=1S/C45H85N2O6P/c1-6-8-10-12-14-16-18-20-22-23-25-26-28-30-32-34-36-38-44(48)43(42-53-54(50,51)52-41-40-47(3,4)5)46-45(49)39-37-35-33-31-29-27-24-21-19-17-15-13-11-9-7-2/h21-24,28,30,36,38,43-44,48H,6-20,25-27,29,31-35,37,39-42H2,1-5H3,(H-,46,49,50,51)/b23-22+,24-21-,30-28+,38-36+. The molecule has 0 saturated heterocycles. The number of carbonyl (C=O) groups excluding carboxylic acids is 1. The molecule has 0 heterocycles. The van der Waals surface area contributed by atoms with E-state index in [1.54, 1.807) is 6.08 Å². The third-order valence-corrected chi connectivity index (χ3v) is 10.5. The highest BCUT2D eigenvalue weighted by Gasteiger charge is 2.23. The van der Waals surface area contributed by atoms with Crippen LogP contribution in [-0.4, -0.2) is 68.5 Å². The van der Waals surface area contributed by atoms with Crippen molar-refractivity contribution < 1.29 is 32.9 Å². The number of carbonyl (C=O) groups is 1. The molecule has 0 bridgehead atoms. The third kappa shape index (κ3) is 38.7. The minimum Gasteiger partial charge on any atom is -0.756 e. The van der Waals surface area contributed by atoms with Crippen LogP contribution >= 0.6 is 7.82 Å². The molecule has 54 heavy (non-hydrogen) atoms. The number of nitrogens with zero attached hydrogens (tertiary/aromatic N) is 1. The molecule has 0 aliphatic rings. The van der Waals surface area contributed by atoms with Gasteiger partial charge in [0.15, 0.2) is 0 Å². The fourth-order valence-electron chi connectivity index (χ4n) is 5.94. The van der Waals surface area contributed by atoms with E-state index in [9.17, 15) is 19.4 Å². The lowest BCUT2D eigenvalue weighted by atomic mass is 10.1. The van der Waals surface area contributed by atoms with Crippen molar-refractivity contribution in [3.05, 3.63) is 48.6 Å². The van der Waals surface area contributed by atoms with Crippen molar-refractivity contribution in [3.63, 3.8) is 0 Å². The molecule has 8 nitrogen and oxygen atoms in total. The topological polar surface area (TPSA) is 108 Å². The molecule has 0 aromatic rings. The molecular formula is C45H85N2O6P. The molecule has 9 heteroatoms. The largest absolute Gasteiger partial charge is 0.756 e. The molecule has 3 atom stereocenters. The number of rotatable bonds is 39. The average molecular weight is 781 g/mol. The summed E-state index contributed by atoms with van der Waals surface area (Å²) in [5.74, 6) is -0.222. The quantitative estimate of drug-likeness (QED) is 0.0278. The summed E-state index contributed by atoms with van der Waals surface area (Å²) >= 11 is 0. The molecule has 1 amide bonds. The Kier molecular flexibility index (Phi) is 36.0. The minimum absolute atomic E-state index is 0.0116. The Labute approximate surface area is 333 Å². The van der Waals surface area contributed by atoms with Crippen LogP contribution in [0.1, 0.15) is 181 Å². The van der Waals surface area contributed by atoms with Gasteiger partial charge < -0.3 is 28.8 Å². The van der Waals surface area contributed by atoms with E-state index in [0.29, 0.717) is 17.4 Å². The average Bonchev–Trinajstić information content (AvgIpc) is 3.12. The number of aliphatic hydroxyl groups excluding tert-OH is 1. The van der Waals surface area contributed by atoms with Crippen molar-refractivity contribution in [2.45, 2.75) is 193 Å². The van der Waals surface area contributed by atoms with Crippen LogP contribution in [0.5, 0.6) is 0 Å². The SMILES string of the molecule is CCCCCCCC/C=C\CCCCCCCC(=O)NC(COP(=O)([O-])OCC[N+](C)(C)C)C(O)/C=C/CC/C=C/CC/C=C/CCCCCCCCC. The van der Waals surface area contributed by atoms with Crippen LogP contribution in [0.2, 0.25) is 0 Å². The predicted molar refractivity (Wildman–Crippen MR) is 228 cm³/mol. The molecule has 0 spiro atoms. The number of unbranched alkanes of at least 4 members (excludes halogenated alkanes) is 20. The number of allylic oxidation sites excluding steroid dienone is 7. The summed E-state index contributed by atoms with van der Waals surface area (Å²) < 4.78 is 23.1. The molecule has 0 aliphatic carbocycles. The second kappa shape index (κ2) is 37.1. The minimum atomic E-state index is -4.60. The molecule has 0 fully saturated rings. The second-order valence-corrected chi connectivity index (χ2v) is 17.4. The van der Waals surface area contributed by atoms with Crippen molar-refractivity contribution in [1.29, 1.82) is 0 Å². The van der Waals surface area contributed by atoms with E-state index in [0.717, 1.165) is 64.2 Å². The zero-order valence-electron chi connectivity index (χ0n) is 35.7. The summed E-state index contributed by atoms with van der Waals surface area (Å²) in [6.07, 6.45) is 45.8. The number of nitrogens with one attached hydrogen (secondary N) is 1. The Bertz CT molecular complexity index is 1020. The number of phosphoric ester groups is 1. The van der Waals surface area contributed by atoms with Gasteiger partial charge in [-0.15, -0.1) is 0 Å². The molecule has 0 aromatic heterocycles. The second-order valence-electron chi connectivity index (χ2n) is 16.0. The molecule has 0 saturated carbocycles. The van der Waals surface area contributed by atoms with Gasteiger partial charge in [-0.1, -0.05) is 152 Å². The molecule has 0 aromatic carbocycles. The van der Waals surface area contributed by atoms with E-state index in [2.05, 4.69) is 55.6 Å². The first-order valence-electron chi connectivity index (χ1n) is 22.0. The summed E-state index contributed by atoms with van der Waals surface area (Å²) in [6.45, 7) is 4.58. The van der Waals surface area contributed by atoms with Crippen LogP contribution in [-0.2, 0) is 18.4 Å². The van der Waals surface area contributed by atoms with E-state index < -0.39 is 26.6 Å². The third-order valence-electron chi connectivity index (χ3n) is 9.49. The number of amides is 1. The lowest BCUT2D eigenvalue weighted by molar-refractivity contribution is -0.870. The van der Waals surface area contributed by atoms with Gasteiger partial charge in [0, 0.05) is 6.42 Å². The predicted octanol–water partition coefficient (Wildman–Crippen LogP) is 11.4. The maximum atomic E-state index is 12.8. The molecule has 0 aliphatic heterocycles. The van der Waals surface area contributed by atoms with Gasteiger partial charge in [0.05, 0.1) is 39.9 Å². The van der Waals surface area contributed by atoms with Crippen molar-refractivity contribution in [2.24, 2.45) is 0 Å². The Balaban J connectivity index is 4.55. The van der Waals surface area contributed by atoms with Gasteiger partial charge in [-0.25, -0.2) is 0 Å². The normalized spacial score (nSPS) is 14.9. The first-order chi connectivity index (χ1) is 26.0. The van der Waals surface area contributed by atoms with Crippen LogP contribution in [0.15, 0.2) is 48.6 Å². The van der Waals surface area contributed by atoms with E-state index in [1.807, 2.05) is 27.2 Å². The van der Waals surface area contributed by atoms with Crippen LogP contribution in [0.4, 0.5) is 0 Å². The Morgan fingerprint density at radius 1 is 0.630 bits per heavy atom. The number of hydrogen-bond acceptors (Lipinski definition) is 6. The van der Waals surface area contributed by atoms with E-state index in [1.165, 1.54) is 96.3 Å². The maximum absolute atomic E-state index is 12.8. The summed E-state index contributed by atoms with van der Waals surface area (Å²) in [5.41, 5.74) is 0. The van der Waals surface area contributed by atoms with Crippen LogP contribution in [0.3, 0.4) is 0 Å². The van der Waals surface area contributed by atoms with Gasteiger partial charge in [0.2, 0.25) is 5.91 Å². The zero-order valence-corrected chi connectivity index (χ0v) is 36.6. The van der Waals surface area contributed by atoms with E-state index in [4.69, 9.17) is 9.05 Å². The van der Waals surface area contributed by atoms with E-state index in [-0.39, 0.29) is 12.5 Å². The molecule has 3 unspecified atom stereocenters. The van der Waals surface area contributed by atoms with Gasteiger partial charge in [-0.05, 0) is 70.6 Å². The molecule has 0 rings (SSSR count). The number of hydrogen-bond donors (Lipinski definition) is 2. The highest BCUT2D eigenvalue weighted by atomic mass is 31.2. The lowest BCUT2D eigenvalue weighted by Crippen LogP contribution is -2.45. The van der Waals surface area contributed by atoms with Crippen molar-refractivity contribution in [1.82, 2.24) is 5.32 Å². The summed E-state index contributed by atoms with van der Waals surface area (Å²) in [7, 11) is 1.22. The summed E-state index contributed by atoms with van der Waals surface area (Å²) in [5, 5.41) is 13.7. The maximum Gasteiger partial charge on any atom is 0.268 e. The molecule has 0 radical (unpaired) electrons. The van der Waals surface area contributed by atoms with Crippen molar-refractivity contribution in [2.75, 3.05) is 40.9 Å². The van der Waals surface area contributed by atoms with Gasteiger partial charge in [0.1, 0.15) is 13.2 Å². The van der Waals surface area contributed by atoms with Gasteiger partial charge in [-0.3, -0.25) is 9.36 Å². The Hall–Kier alpha value is -1.54.